The fourth-order valence-electron chi connectivity index (χ4n) is 4.77. The number of nitro groups is 1. The molecule has 3 aromatic carbocycles. The number of fused-ring (bicyclic) bond motifs is 8. The molecular weight excluding hydrogens is 384 g/mol. The minimum Gasteiger partial charge on any atom is -0.437 e. The number of non-ortho nitro benzene ring substituents is 1. The summed E-state index contributed by atoms with van der Waals surface area (Å²) in [4.78, 5) is 24.8. The second kappa shape index (κ2) is 5.44. The summed E-state index contributed by atoms with van der Waals surface area (Å²) in [7, 11) is 0. The maximum absolute atomic E-state index is 13.7. The van der Waals surface area contributed by atoms with Gasteiger partial charge < -0.3 is 10.1 Å². The lowest BCUT2D eigenvalue weighted by molar-refractivity contribution is -0.384. The number of rotatable bonds is 1. The van der Waals surface area contributed by atoms with Crippen molar-refractivity contribution in [2.45, 2.75) is 12.3 Å². The van der Waals surface area contributed by atoms with Crippen molar-refractivity contribution in [2.75, 3.05) is 5.32 Å². The Bertz CT molecular complexity index is 1420. The van der Waals surface area contributed by atoms with Gasteiger partial charge in [-0.05, 0) is 29.8 Å². The van der Waals surface area contributed by atoms with E-state index in [0.29, 0.717) is 39.7 Å². The van der Waals surface area contributed by atoms with Crippen LogP contribution in [-0.2, 0) is 10.2 Å². The van der Waals surface area contributed by atoms with Gasteiger partial charge in [-0.3, -0.25) is 20.0 Å². The van der Waals surface area contributed by atoms with E-state index in [1.54, 1.807) is 6.07 Å². The number of ether oxygens (including phenoxy) is 1. The molecule has 1 unspecified atom stereocenters. The van der Waals surface area contributed by atoms with Crippen LogP contribution >= 0.6 is 0 Å². The van der Waals surface area contributed by atoms with E-state index in [-0.39, 0.29) is 11.6 Å². The largest absolute Gasteiger partial charge is 0.437 e. The highest BCUT2D eigenvalue weighted by Crippen LogP contribution is 2.58. The lowest BCUT2D eigenvalue weighted by Gasteiger charge is -2.34. The lowest BCUT2D eigenvalue weighted by atomic mass is 9.67. The molecule has 0 saturated carbocycles. The van der Waals surface area contributed by atoms with Crippen molar-refractivity contribution in [3.63, 3.8) is 0 Å². The fourth-order valence-corrected chi connectivity index (χ4v) is 4.77. The van der Waals surface area contributed by atoms with Crippen LogP contribution in [0.25, 0.3) is 10.8 Å². The van der Waals surface area contributed by atoms with Gasteiger partial charge in [0, 0.05) is 34.6 Å². The quantitative estimate of drug-likeness (QED) is 0.369. The summed E-state index contributed by atoms with van der Waals surface area (Å²) in [6.45, 7) is 1.82. The van der Waals surface area contributed by atoms with E-state index in [1.165, 1.54) is 12.1 Å². The number of nitrogens with zero attached hydrogens (tertiary/aromatic N) is 2. The fraction of sp³-hybridized carbons (Fsp3) is 0.0909. The van der Waals surface area contributed by atoms with Crippen molar-refractivity contribution in [1.29, 1.82) is 0 Å². The Kier molecular flexibility index (Phi) is 3.04. The molecule has 0 fully saturated rings. The number of hydrogen-bond acceptors (Lipinski definition) is 5. The van der Waals surface area contributed by atoms with Crippen LogP contribution in [-0.4, -0.2) is 21.0 Å². The zero-order valence-electron chi connectivity index (χ0n) is 15.7. The zero-order valence-corrected chi connectivity index (χ0v) is 15.7. The molecule has 2 N–H and O–H groups in total. The molecule has 4 aromatic rings. The van der Waals surface area contributed by atoms with Crippen LogP contribution in [0.2, 0.25) is 0 Å². The second-order valence-corrected chi connectivity index (χ2v) is 7.48. The molecule has 8 nitrogen and oxygen atoms in total. The van der Waals surface area contributed by atoms with Crippen LogP contribution in [0.5, 0.6) is 11.6 Å². The number of carbonyl (C=O) groups is 1. The number of anilines is 1. The van der Waals surface area contributed by atoms with Crippen molar-refractivity contribution in [2.24, 2.45) is 0 Å². The van der Waals surface area contributed by atoms with Gasteiger partial charge in [0.05, 0.1) is 10.5 Å². The van der Waals surface area contributed by atoms with E-state index < -0.39 is 10.3 Å². The second-order valence-electron chi connectivity index (χ2n) is 7.48. The van der Waals surface area contributed by atoms with Crippen LogP contribution in [0.4, 0.5) is 11.4 Å². The van der Waals surface area contributed by atoms with E-state index in [1.807, 2.05) is 43.3 Å². The smallest absolute Gasteiger partial charge is 0.269 e. The molecule has 1 aromatic heterocycles. The van der Waals surface area contributed by atoms with Gasteiger partial charge in [-0.2, -0.15) is 0 Å². The molecule has 6 rings (SSSR count). The number of nitro benzene ring substituents is 1. The van der Waals surface area contributed by atoms with E-state index in [2.05, 4.69) is 15.5 Å². The molecule has 0 saturated heterocycles. The molecule has 2 aliphatic rings. The van der Waals surface area contributed by atoms with Gasteiger partial charge in [-0.25, -0.2) is 0 Å². The number of hydrogen-bond donors (Lipinski definition) is 2. The number of carbonyl (C=O) groups excluding carboxylic acids is 1. The normalized spacial score (nSPS) is 18.5. The Labute approximate surface area is 169 Å². The predicted molar refractivity (Wildman–Crippen MR) is 109 cm³/mol. The number of amides is 1. The average molecular weight is 398 g/mol. The predicted octanol–water partition coefficient (Wildman–Crippen LogP) is 4.17. The summed E-state index contributed by atoms with van der Waals surface area (Å²) in [5.41, 5.74) is 1.56. The lowest BCUT2D eigenvalue weighted by Crippen LogP contribution is -2.40. The van der Waals surface area contributed by atoms with Crippen molar-refractivity contribution in [3.8, 4) is 11.6 Å². The molecular formula is C22H14N4O4. The van der Waals surface area contributed by atoms with Crippen molar-refractivity contribution >= 4 is 28.1 Å². The van der Waals surface area contributed by atoms with Gasteiger partial charge in [0.2, 0.25) is 11.8 Å². The van der Waals surface area contributed by atoms with Crippen LogP contribution in [0, 0.1) is 17.0 Å². The number of H-pyrrole nitrogens is 1. The van der Waals surface area contributed by atoms with E-state index in [4.69, 9.17) is 4.74 Å². The first-order valence-corrected chi connectivity index (χ1v) is 9.37. The maximum Gasteiger partial charge on any atom is 0.269 e. The van der Waals surface area contributed by atoms with E-state index in [9.17, 15) is 14.9 Å². The average Bonchev–Trinajstić information content (AvgIpc) is 3.25. The van der Waals surface area contributed by atoms with Crippen molar-refractivity contribution in [3.05, 3.63) is 87.1 Å². The van der Waals surface area contributed by atoms with Gasteiger partial charge in [0.25, 0.3) is 5.69 Å². The number of aryl methyl sites for hydroxylation is 1. The first-order valence-electron chi connectivity index (χ1n) is 9.37. The Morgan fingerprint density at radius 3 is 2.77 bits per heavy atom. The van der Waals surface area contributed by atoms with Crippen LogP contribution in [0.1, 0.15) is 22.4 Å². The number of aromatic nitrogens is 2. The molecule has 0 bridgehead atoms. The summed E-state index contributed by atoms with van der Waals surface area (Å²) >= 11 is 0. The molecule has 146 valence electrons. The molecule has 3 heterocycles. The van der Waals surface area contributed by atoms with Gasteiger partial charge in [0.15, 0.2) is 0 Å². The third-order valence-corrected chi connectivity index (χ3v) is 5.97. The third kappa shape index (κ3) is 1.85. The van der Waals surface area contributed by atoms with Crippen LogP contribution in [0.15, 0.2) is 54.6 Å². The highest BCUT2D eigenvalue weighted by molar-refractivity contribution is 6.15. The van der Waals surface area contributed by atoms with Gasteiger partial charge in [0.1, 0.15) is 11.2 Å². The van der Waals surface area contributed by atoms with Gasteiger partial charge >= 0.3 is 0 Å². The third-order valence-electron chi connectivity index (χ3n) is 5.97. The monoisotopic (exact) mass is 398 g/mol. The molecule has 1 atom stereocenters. The SMILES string of the molecule is Cc1[nH]nc2c1C1(C(=O)Nc3ccc([N+](=O)[O-])cc31)c1c(ccc3ccccc13)O2. The Balaban J connectivity index is 1.83. The number of aromatic amines is 1. The molecule has 2 aliphatic heterocycles. The topological polar surface area (TPSA) is 110 Å². The highest BCUT2D eigenvalue weighted by atomic mass is 16.6. The van der Waals surface area contributed by atoms with Gasteiger partial charge in [-0.15, -0.1) is 5.10 Å². The van der Waals surface area contributed by atoms with Crippen LogP contribution < -0.4 is 10.1 Å². The minimum absolute atomic E-state index is 0.0828. The molecule has 0 aliphatic carbocycles. The Hall–Kier alpha value is -4.20. The summed E-state index contributed by atoms with van der Waals surface area (Å²) in [6.07, 6.45) is 0. The minimum atomic E-state index is -1.32. The zero-order chi connectivity index (χ0) is 20.6. The Morgan fingerprint density at radius 1 is 1.10 bits per heavy atom. The summed E-state index contributed by atoms with van der Waals surface area (Å²) in [6, 6.07) is 15.9. The first-order chi connectivity index (χ1) is 14.5. The molecule has 1 spiro atoms. The molecule has 8 heteroatoms. The van der Waals surface area contributed by atoms with E-state index in [0.717, 1.165) is 10.8 Å². The van der Waals surface area contributed by atoms with Crippen molar-refractivity contribution in [1.82, 2.24) is 10.2 Å². The highest BCUT2D eigenvalue weighted by Gasteiger charge is 2.57. The van der Waals surface area contributed by atoms with E-state index >= 15 is 0 Å². The summed E-state index contributed by atoms with van der Waals surface area (Å²) in [5, 5.41) is 23.4. The summed E-state index contributed by atoms with van der Waals surface area (Å²) < 4.78 is 6.08. The van der Waals surface area contributed by atoms with Crippen molar-refractivity contribution < 1.29 is 14.5 Å². The number of benzene rings is 3. The molecule has 0 radical (unpaired) electrons. The summed E-state index contributed by atoms with van der Waals surface area (Å²) in [5.74, 6) is 0.511. The number of nitrogens with one attached hydrogen (secondary N) is 2. The molecule has 1 amide bonds. The standard InChI is InChI=1S/C22H14N4O4/c1-11-18-20(25-24-11)30-17-9-6-12-4-2-3-5-14(12)19(17)22(18)15-10-13(26(28)29)7-8-16(15)23-21(22)27/h2-10H,1H3,(H,23,27)(H,24,25). The van der Waals surface area contributed by atoms with Crippen LogP contribution in [0.3, 0.4) is 0 Å². The Morgan fingerprint density at radius 2 is 1.93 bits per heavy atom. The molecule has 30 heavy (non-hydrogen) atoms. The van der Waals surface area contributed by atoms with Gasteiger partial charge in [-0.1, -0.05) is 30.3 Å². The maximum atomic E-state index is 13.7. The first kappa shape index (κ1) is 16.7.